The summed E-state index contributed by atoms with van der Waals surface area (Å²) in [6.45, 7) is 3.80. The minimum Gasteiger partial charge on any atom is -0.505 e. The number of hydrogen-bond donors (Lipinski definition) is 2. The van der Waals surface area contributed by atoms with Crippen LogP contribution in [0.1, 0.15) is 24.0 Å². The second kappa shape index (κ2) is 5.23. The fourth-order valence-corrected chi connectivity index (χ4v) is 2.60. The summed E-state index contributed by atoms with van der Waals surface area (Å²) in [6.07, 6.45) is 2.93. The lowest BCUT2D eigenvalue weighted by Gasteiger charge is -2.24. The minimum atomic E-state index is -0.626. The van der Waals surface area contributed by atoms with Crippen LogP contribution in [0.2, 0.25) is 5.02 Å². The summed E-state index contributed by atoms with van der Waals surface area (Å²) in [5.41, 5.74) is 1.44. The van der Waals surface area contributed by atoms with Crippen LogP contribution in [0.25, 0.3) is 0 Å². The summed E-state index contributed by atoms with van der Waals surface area (Å²) >= 11 is 5.94. The van der Waals surface area contributed by atoms with Crippen LogP contribution in [0.5, 0.6) is 5.75 Å². The van der Waals surface area contributed by atoms with Gasteiger partial charge in [-0.25, -0.2) is 4.39 Å². The van der Waals surface area contributed by atoms with Crippen molar-refractivity contribution in [2.24, 2.45) is 5.92 Å². The molecule has 2 N–H and O–H groups in total. The van der Waals surface area contributed by atoms with Gasteiger partial charge in [0.15, 0.2) is 11.6 Å². The molecular formula is C13H17ClFNO. The van der Waals surface area contributed by atoms with Crippen LogP contribution in [0, 0.1) is 18.7 Å². The molecule has 1 aromatic rings. The molecule has 0 aliphatic carbocycles. The molecule has 0 radical (unpaired) electrons. The first-order valence-corrected chi connectivity index (χ1v) is 6.34. The van der Waals surface area contributed by atoms with E-state index in [0.29, 0.717) is 22.9 Å². The number of hydrogen-bond acceptors (Lipinski definition) is 2. The van der Waals surface area contributed by atoms with Crippen LogP contribution in [0.15, 0.2) is 6.07 Å². The highest BCUT2D eigenvalue weighted by molar-refractivity contribution is 6.31. The van der Waals surface area contributed by atoms with Gasteiger partial charge in [-0.3, -0.25) is 0 Å². The molecule has 2 rings (SSSR count). The Morgan fingerprint density at radius 2 is 2.35 bits per heavy atom. The lowest BCUT2D eigenvalue weighted by molar-refractivity contribution is 0.364. The van der Waals surface area contributed by atoms with E-state index >= 15 is 0 Å². The fraction of sp³-hybridized carbons (Fsp3) is 0.538. The minimum absolute atomic E-state index is 0.238. The third-order valence-electron chi connectivity index (χ3n) is 3.47. The standard InChI is InChI=1S/C13H17ClFNO/c1-8-10(5-9-3-2-4-16-7-9)13(17)12(15)6-11(8)14/h6,9,16-17H,2-5,7H2,1H3. The lowest BCUT2D eigenvalue weighted by Crippen LogP contribution is -2.31. The van der Waals surface area contributed by atoms with Crippen molar-refractivity contribution in [3.05, 3.63) is 28.0 Å². The van der Waals surface area contributed by atoms with Crippen LogP contribution in [0.4, 0.5) is 4.39 Å². The zero-order valence-electron chi connectivity index (χ0n) is 9.89. The summed E-state index contributed by atoms with van der Waals surface area (Å²) in [6, 6.07) is 1.18. The highest BCUT2D eigenvalue weighted by Crippen LogP contribution is 2.33. The molecule has 4 heteroatoms. The SMILES string of the molecule is Cc1c(Cl)cc(F)c(O)c1CC1CCCNC1. The summed E-state index contributed by atoms with van der Waals surface area (Å²) < 4.78 is 13.4. The van der Waals surface area contributed by atoms with Crippen LogP contribution in [0.3, 0.4) is 0 Å². The van der Waals surface area contributed by atoms with E-state index in [1.54, 1.807) is 0 Å². The van der Waals surface area contributed by atoms with E-state index < -0.39 is 5.82 Å². The normalized spacial score (nSPS) is 20.5. The second-order valence-corrected chi connectivity index (χ2v) is 5.12. The van der Waals surface area contributed by atoms with Gasteiger partial charge in [-0.1, -0.05) is 11.6 Å². The van der Waals surface area contributed by atoms with E-state index in [9.17, 15) is 9.50 Å². The molecule has 2 nitrogen and oxygen atoms in total. The van der Waals surface area contributed by atoms with Crippen molar-refractivity contribution in [3.8, 4) is 5.75 Å². The van der Waals surface area contributed by atoms with Gasteiger partial charge in [0.1, 0.15) is 0 Å². The van der Waals surface area contributed by atoms with E-state index in [0.717, 1.165) is 31.5 Å². The first-order chi connectivity index (χ1) is 8.09. The molecule has 1 heterocycles. The molecule has 0 saturated carbocycles. The van der Waals surface area contributed by atoms with Crippen molar-refractivity contribution < 1.29 is 9.50 Å². The summed E-state index contributed by atoms with van der Waals surface area (Å²) in [4.78, 5) is 0. The number of benzene rings is 1. The molecule has 1 aromatic carbocycles. The van der Waals surface area contributed by atoms with E-state index in [4.69, 9.17) is 11.6 Å². The average molecular weight is 258 g/mol. The summed E-state index contributed by atoms with van der Waals surface area (Å²) in [5.74, 6) is -0.414. The average Bonchev–Trinajstić information content (AvgIpc) is 2.33. The van der Waals surface area contributed by atoms with Crippen molar-refractivity contribution in [1.82, 2.24) is 5.32 Å². The first kappa shape index (κ1) is 12.7. The molecule has 0 bridgehead atoms. The van der Waals surface area contributed by atoms with Crippen molar-refractivity contribution in [2.75, 3.05) is 13.1 Å². The van der Waals surface area contributed by atoms with Crippen LogP contribution >= 0.6 is 11.6 Å². The molecule has 0 aromatic heterocycles. The predicted molar refractivity (Wildman–Crippen MR) is 67.1 cm³/mol. The molecule has 17 heavy (non-hydrogen) atoms. The molecule has 1 unspecified atom stereocenters. The monoisotopic (exact) mass is 257 g/mol. The van der Waals surface area contributed by atoms with Gasteiger partial charge >= 0.3 is 0 Å². The Bertz CT molecular complexity index is 390. The number of aromatic hydroxyl groups is 1. The van der Waals surface area contributed by atoms with E-state index in [-0.39, 0.29) is 5.75 Å². The maximum Gasteiger partial charge on any atom is 0.166 e. The van der Waals surface area contributed by atoms with Gasteiger partial charge in [-0.15, -0.1) is 0 Å². The Labute approximate surface area is 106 Å². The highest BCUT2D eigenvalue weighted by atomic mass is 35.5. The maximum absolute atomic E-state index is 13.4. The molecule has 0 spiro atoms. The zero-order valence-corrected chi connectivity index (χ0v) is 10.6. The van der Waals surface area contributed by atoms with Crippen molar-refractivity contribution in [1.29, 1.82) is 0 Å². The van der Waals surface area contributed by atoms with Gasteiger partial charge in [0.05, 0.1) is 0 Å². The van der Waals surface area contributed by atoms with Crippen molar-refractivity contribution in [2.45, 2.75) is 26.2 Å². The Kier molecular flexibility index (Phi) is 3.89. The van der Waals surface area contributed by atoms with Crippen LogP contribution in [-0.2, 0) is 6.42 Å². The van der Waals surface area contributed by atoms with Crippen LogP contribution in [-0.4, -0.2) is 18.2 Å². The molecular weight excluding hydrogens is 241 g/mol. The number of phenolic OH excluding ortho intramolecular Hbond substituents is 1. The Morgan fingerprint density at radius 3 is 3.00 bits per heavy atom. The summed E-state index contributed by atoms with van der Waals surface area (Å²) in [7, 11) is 0. The smallest absolute Gasteiger partial charge is 0.166 e. The van der Waals surface area contributed by atoms with Gasteiger partial charge in [0, 0.05) is 10.6 Å². The third kappa shape index (κ3) is 2.72. The first-order valence-electron chi connectivity index (χ1n) is 5.96. The maximum atomic E-state index is 13.4. The number of rotatable bonds is 2. The van der Waals surface area contributed by atoms with Gasteiger partial charge in [-0.05, 0) is 56.8 Å². The Hall–Kier alpha value is -0.800. The summed E-state index contributed by atoms with van der Waals surface area (Å²) in [5, 5.41) is 13.5. The molecule has 1 atom stereocenters. The zero-order chi connectivity index (χ0) is 12.4. The lowest BCUT2D eigenvalue weighted by atomic mass is 9.90. The van der Waals surface area contributed by atoms with Gasteiger partial charge in [0.2, 0.25) is 0 Å². The molecule has 94 valence electrons. The molecule has 1 aliphatic rings. The molecule has 0 amide bonds. The number of phenols is 1. The fourth-order valence-electron chi connectivity index (χ4n) is 2.39. The van der Waals surface area contributed by atoms with Gasteiger partial charge in [0.25, 0.3) is 0 Å². The van der Waals surface area contributed by atoms with Gasteiger partial charge < -0.3 is 10.4 Å². The van der Waals surface area contributed by atoms with Gasteiger partial charge in [-0.2, -0.15) is 0 Å². The van der Waals surface area contributed by atoms with E-state index in [1.165, 1.54) is 6.07 Å². The van der Waals surface area contributed by atoms with E-state index in [2.05, 4.69) is 5.32 Å². The number of piperidine rings is 1. The van der Waals surface area contributed by atoms with E-state index in [1.807, 2.05) is 6.92 Å². The number of halogens is 2. The highest BCUT2D eigenvalue weighted by Gasteiger charge is 2.20. The topological polar surface area (TPSA) is 32.3 Å². The molecule has 1 saturated heterocycles. The predicted octanol–water partition coefficient (Wildman–Crippen LogP) is 3.04. The number of nitrogens with one attached hydrogen (secondary N) is 1. The Balaban J connectivity index is 2.24. The molecule has 1 fully saturated rings. The quantitative estimate of drug-likeness (QED) is 0.854. The second-order valence-electron chi connectivity index (χ2n) is 4.71. The Morgan fingerprint density at radius 1 is 1.59 bits per heavy atom. The van der Waals surface area contributed by atoms with Crippen molar-refractivity contribution >= 4 is 11.6 Å². The van der Waals surface area contributed by atoms with Crippen molar-refractivity contribution in [3.63, 3.8) is 0 Å². The third-order valence-corrected chi connectivity index (χ3v) is 3.86. The largest absolute Gasteiger partial charge is 0.505 e. The van der Waals surface area contributed by atoms with Crippen LogP contribution < -0.4 is 5.32 Å². The molecule has 1 aliphatic heterocycles.